The maximum Gasteiger partial charge on any atom is 0.251 e. The summed E-state index contributed by atoms with van der Waals surface area (Å²) in [6, 6.07) is 26.2. The van der Waals surface area contributed by atoms with E-state index in [-0.39, 0.29) is 17.2 Å². The topological polar surface area (TPSA) is 49.4 Å². The van der Waals surface area contributed by atoms with E-state index in [1.807, 2.05) is 71.3 Å². The lowest BCUT2D eigenvalue weighted by molar-refractivity contribution is -0.128. The second kappa shape index (κ2) is 11.4. The zero-order chi connectivity index (χ0) is 23.0. The first kappa shape index (κ1) is 23.5. The van der Waals surface area contributed by atoms with E-state index in [4.69, 9.17) is 0 Å². The number of rotatable bonds is 9. The second-order valence-electron chi connectivity index (χ2n) is 8.09. The van der Waals surface area contributed by atoms with E-state index in [1.165, 1.54) is 11.1 Å². The van der Waals surface area contributed by atoms with E-state index >= 15 is 0 Å². The van der Waals surface area contributed by atoms with Crippen molar-refractivity contribution in [2.45, 2.75) is 24.6 Å². The van der Waals surface area contributed by atoms with Crippen LogP contribution in [0.5, 0.6) is 0 Å². The molecule has 2 amide bonds. The zero-order valence-electron chi connectivity index (χ0n) is 18.7. The Labute approximate surface area is 204 Å². The highest BCUT2D eigenvalue weighted by Gasteiger charge is 2.32. The van der Waals surface area contributed by atoms with Gasteiger partial charge in [0.2, 0.25) is 5.91 Å². The first-order valence-electron chi connectivity index (χ1n) is 11.1. The van der Waals surface area contributed by atoms with Crippen LogP contribution in [0.15, 0.2) is 78.9 Å². The highest BCUT2D eigenvalue weighted by molar-refractivity contribution is 8.00. The molecule has 0 unspecified atom stereocenters. The molecular formula is C27H28N2O2S2. The number of hydrogen-bond donors (Lipinski definition) is 1. The Balaban J connectivity index is 1.27. The summed E-state index contributed by atoms with van der Waals surface area (Å²) < 4.78 is 0. The van der Waals surface area contributed by atoms with Crippen molar-refractivity contribution in [3.63, 3.8) is 0 Å². The first-order chi connectivity index (χ1) is 16.1. The SMILES string of the molecule is Cc1cccc(CSCCNC(=O)c2ccc([C@@H]3SCC(=O)N3Cc3ccccc3)cc2)c1. The number of nitrogens with one attached hydrogen (secondary N) is 1. The van der Waals surface area contributed by atoms with Crippen molar-refractivity contribution in [1.82, 2.24) is 10.2 Å². The van der Waals surface area contributed by atoms with Crippen molar-refractivity contribution >= 4 is 35.3 Å². The van der Waals surface area contributed by atoms with Gasteiger partial charge in [0.25, 0.3) is 5.91 Å². The molecule has 1 fully saturated rings. The third-order valence-corrected chi connectivity index (χ3v) is 7.79. The summed E-state index contributed by atoms with van der Waals surface area (Å²) in [4.78, 5) is 26.9. The predicted molar refractivity (Wildman–Crippen MR) is 138 cm³/mol. The Morgan fingerprint density at radius 3 is 2.55 bits per heavy atom. The standard InChI is InChI=1S/C27H28N2O2S2/c1-20-6-5-9-22(16-20)18-32-15-14-28-26(31)23-10-12-24(13-11-23)27-29(25(30)19-33-27)17-21-7-3-2-4-8-21/h2-13,16,27H,14-15,17-19H2,1H3,(H,28,31)/t27-/m0/s1. The minimum atomic E-state index is -0.0611. The molecule has 0 saturated carbocycles. The number of carbonyl (C=O) groups excluding carboxylic acids is 2. The molecule has 0 spiro atoms. The molecule has 1 atom stereocenters. The van der Waals surface area contributed by atoms with Gasteiger partial charge in [-0.2, -0.15) is 11.8 Å². The number of thioether (sulfide) groups is 2. The van der Waals surface area contributed by atoms with Crippen molar-refractivity contribution in [2.24, 2.45) is 0 Å². The fourth-order valence-corrected chi connectivity index (χ4v) is 5.81. The van der Waals surface area contributed by atoms with E-state index in [2.05, 4.69) is 36.5 Å². The Morgan fingerprint density at radius 2 is 1.79 bits per heavy atom. The molecule has 170 valence electrons. The van der Waals surface area contributed by atoms with Gasteiger partial charge in [0.1, 0.15) is 5.37 Å². The molecule has 6 heteroatoms. The average Bonchev–Trinajstić information content (AvgIpc) is 3.19. The Bertz CT molecular complexity index is 1090. The summed E-state index contributed by atoms with van der Waals surface area (Å²) in [5.74, 6) is 2.39. The highest BCUT2D eigenvalue weighted by atomic mass is 32.2. The summed E-state index contributed by atoms with van der Waals surface area (Å²) in [7, 11) is 0. The van der Waals surface area contributed by atoms with Gasteiger partial charge in [-0.15, -0.1) is 11.8 Å². The van der Waals surface area contributed by atoms with Crippen LogP contribution >= 0.6 is 23.5 Å². The van der Waals surface area contributed by atoms with Gasteiger partial charge in [-0.25, -0.2) is 0 Å². The molecule has 4 rings (SSSR count). The number of carbonyl (C=O) groups is 2. The Kier molecular flexibility index (Phi) is 8.13. The van der Waals surface area contributed by atoms with Crippen LogP contribution in [0.25, 0.3) is 0 Å². The molecule has 4 nitrogen and oxygen atoms in total. The normalized spacial score (nSPS) is 15.6. The van der Waals surface area contributed by atoms with Crippen LogP contribution in [0.1, 0.15) is 38.0 Å². The van der Waals surface area contributed by atoms with Crippen LogP contribution in [0.3, 0.4) is 0 Å². The fourth-order valence-electron chi connectivity index (χ4n) is 3.81. The van der Waals surface area contributed by atoms with Crippen LogP contribution in [-0.2, 0) is 17.1 Å². The maximum atomic E-state index is 12.5. The number of hydrogen-bond acceptors (Lipinski definition) is 4. The molecular weight excluding hydrogens is 448 g/mol. The monoisotopic (exact) mass is 476 g/mol. The molecule has 3 aromatic carbocycles. The molecule has 1 heterocycles. The maximum absolute atomic E-state index is 12.5. The van der Waals surface area contributed by atoms with Gasteiger partial charge in [-0.1, -0.05) is 72.3 Å². The zero-order valence-corrected chi connectivity index (χ0v) is 20.3. The molecule has 3 aromatic rings. The Hall–Kier alpha value is -2.70. The minimum Gasteiger partial charge on any atom is -0.351 e. The summed E-state index contributed by atoms with van der Waals surface area (Å²) in [6.45, 7) is 3.33. The van der Waals surface area contributed by atoms with Crippen LogP contribution in [0.4, 0.5) is 0 Å². The average molecular weight is 477 g/mol. The van der Waals surface area contributed by atoms with Gasteiger partial charge in [0.05, 0.1) is 5.75 Å². The molecule has 1 saturated heterocycles. The van der Waals surface area contributed by atoms with E-state index in [0.717, 1.165) is 22.6 Å². The van der Waals surface area contributed by atoms with Gasteiger partial charge >= 0.3 is 0 Å². The number of benzene rings is 3. The molecule has 1 aliphatic heterocycles. The second-order valence-corrected chi connectivity index (χ2v) is 10.3. The number of aryl methyl sites for hydroxylation is 1. The van der Waals surface area contributed by atoms with E-state index in [0.29, 0.717) is 24.4 Å². The van der Waals surface area contributed by atoms with Crippen LogP contribution < -0.4 is 5.32 Å². The molecule has 1 aliphatic rings. The summed E-state index contributed by atoms with van der Waals surface area (Å²) in [5, 5.41) is 2.98. The smallest absolute Gasteiger partial charge is 0.251 e. The predicted octanol–water partition coefficient (Wildman–Crippen LogP) is 5.43. The molecule has 0 radical (unpaired) electrons. The summed E-state index contributed by atoms with van der Waals surface area (Å²) in [5.41, 5.74) is 5.40. The number of amides is 2. The summed E-state index contributed by atoms with van der Waals surface area (Å²) in [6.07, 6.45) is 0. The fraction of sp³-hybridized carbons (Fsp3) is 0.259. The lowest BCUT2D eigenvalue weighted by Gasteiger charge is -2.24. The van der Waals surface area contributed by atoms with Gasteiger partial charge < -0.3 is 10.2 Å². The molecule has 0 aliphatic carbocycles. The Morgan fingerprint density at radius 1 is 1.03 bits per heavy atom. The first-order valence-corrected chi connectivity index (χ1v) is 13.3. The lowest BCUT2D eigenvalue weighted by Crippen LogP contribution is -2.28. The van der Waals surface area contributed by atoms with Crippen molar-refractivity contribution in [1.29, 1.82) is 0 Å². The van der Waals surface area contributed by atoms with Crippen LogP contribution in [-0.4, -0.2) is 34.8 Å². The van der Waals surface area contributed by atoms with E-state index in [1.54, 1.807) is 11.8 Å². The molecule has 33 heavy (non-hydrogen) atoms. The third-order valence-electron chi connectivity index (χ3n) is 5.51. The molecule has 0 bridgehead atoms. The number of nitrogens with zero attached hydrogens (tertiary/aromatic N) is 1. The molecule has 1 N–H and O–H groups in total. The highest BCUT2D eigenvalue weighted by Crippen LogP contribution is 2.39. The van der Waals surface area contributed by atoms with Gasteiger partial charge in [-0.05, 0) is 35.7 Å². The van der Waals surface area contributed by atoms with Crippen molar-refractivity contribution in [3.05, 3.63) is 107 Å². The molecule has 0 aromatic heterocycles. The largest absolute Gasteiger partial charge is 0.351 e. The van der Waals surface area contributed by atoms with Crippen LogP contribution in [0, 0.1) is 6.92 Å². The lowest BCUT2D eigenvalue weighted by atomic mass is 10.1. The summed E-state index contributed by atoms with van der Waals surface area (Å²) >= 11 is 3.45. The van der Waals surface area contributed by atoms with Gasteiger partial charge in [0, 0.05) is 30.2 Å². The third kappa shape index (κ3) is 6.42. The van der Waals surface area contributed by atoms with Crippen molar-refractivity contribution < 1.29 is 9.59 Å². The quantitative estimate of drug-likeness (QED) is 0.418. The minimum absolute atomic E-state index is 0.0205. The van der Waals surface area contributed by atoms with Gasteiger partial charge in [0.15, 0.2) is 0 Å². The van der Waals surface area contributed by atoms with Crippen molar-refractivity contribution in [2.75, 3.05) is 18.1 Å². The van der Waals surface area contributed by atoms with E-state index in [9.17, 15) is 9.59 Å². The van der Waals surface area contributed by atoms with Gasteiger partial charge in [-0.3, -0.25) is 9.59 Å². The van der Waals surface area contributed by atoms with Crippen LogP contribution in [0.2, 0.25) is 0 Å². The van der Waals surface area contributed by atoms with Crippen molar-refractivity contribution in [3.8, 4) is 0 Å². The van der Waals surface area contributed by atoms with E-state index < -0.39 is 0 Å².